The second-order valence-electron chi connectivity index (χ2n) is 5.36. The van der Waals surface area contributed by atoms with Crippen molar-refractivity contribution in [3.63, 3.8) is 0 Å². The molecule has 0 unspecified atom stereocenters. The first-order valence-electron chi connectivity index (χ1n) is 6.74. The highest BCUT2D eigenvalue weighted by Gasteiger charge is 2.32. The minimum atomic E-state index is -1.04. The molecule has 4 heteroatoms. The third-order valence-corrected chi connectivity index (χ3v) is 3.80. The predicted octanol–water partition coefficient (Wildman–Crippen LogP) is 2.74. The van der Waals surface area contributed by atoms with Crippen molar-refractivity contribution in [3.05, 3.63) is 70.8 Å². The Hall–Kier alpha value is -1.78. The molecule has 2 aromatic rings. The zero-order valence-electron chi connectivity index (χ0n) is 11.8. The highest BCUT2D eigenvalue weighted by atomic mass is 19.2. The minimum Gasteiger partial charge on any atom is -0.395 e. The van der Waals surface area contributed by atoms with Gasteiger partial charge in [-0.05, 0) is 30.5 Å². The zero-order valence-corrected chi connectivity index (χ0v) is 11.8. The van der Waals surface area contributed by atoms with E-state index in [0.29, 0.717) is 5.56 Å². The number of aryl methyl sites for hydroxylation is 1. The Morgan fingerprint density at radius 1 is 1.00 bits per heavy atom. The van der Waals surface area contributed by atoms with Gasteiger partial charge in [0.05, 0.1) is 13.2 Å². The Labute approximate surface area is 122 Å². The van der Waals surface area contributed by atoms with Gasteiger partial charge < -0.3 is 10.2 Å². The largest absolute Gasteiger partial charge is 0.395 e. The van der Waals surface area contributed by atoms with E-state index in [2.05, 4.69) is 0 Å². The van der Waals surface area contributed by atoms with Crippen LogP contribution in [0.5, 0.6) is 0 Å². The van der Waals surface area contributed by atoms with Crippen LogP contribution in [-0.4, -0.2) is 23.4 Å². The summed E-state index contributed by atoms with van der Waals surface area (Å²) in [7, 11) is 0. The lowest BCUT2D eigenvalue weighted by atomic mass is 9.76. The molecule has 0 spiro atoms. The van der Waals surface area contributed by atoms with Gasteiger partial charge in [0, 0.05) is 5.41 Å². The number of aliphatic hydroxyl groups is 2. The van der Waals surface area contributed by atoms with Crippen molar-refractivity contribution in [2.24, 2.45) is 0 Å². The van der Waals surface area contributed by atoms with Gasteiger partial charge in [-0.2, -0.15) is 0 Å². The first-order chi connectivity index (χ1) is 10.0. The molecule has 0 atom stereocenters. The molecule has 0 saturated heterocycles. The van der Waals surface area contributed by atoms with Gasteiger partial charge in [0.2, 0.25) is 0 Å². The van der Waals surface area contributed by atoms with Crippen LogP contribution in [0.25, 0.3) is 0 Å². The van der Waals surface area contributed by atoms with Gasteiger partial charge >= 0.3 is 0 Å². The van der Waals surface area contributed by atoms with Crippen LogP contribution >= 0.6 is 0 Å². The van der Waals surface area contributed by atoms with E-state index in [1.807, 2.05) is 25.1 Å². The van der Waals surface area contributed by atoms with E-state index in [-0.39, 0.29) is 25.2 Å². The second-order valence-corrected chi connectivity index (χ2v) is 5.36. The molecule has 2 aromatic carbocycles. The Morgan fingerprint density at radius 2 is 1.67 bits per heavy atom. The molecule has 0 bridgehead atoms. The Kier molecular flexibility index (Phi) is 4.70. The van der Waals surface area contributed by atoms with Crippen LogP contribution < -0.4 is 0 Å². The number of hydrogen-bond donors (Lipinski definition) is 2. The lowest BCUT2D eigenvalue weighted by Gasteiger charge is -2.31. The summed E-state index contributed by atoms with van der Waals surface area (Å²) in [5, 5.41) is 19.5. The zero-order chi connectivity index (χ0) is 15.5. The van der Waals surface area contributed by atoms with E-state index in [1.165, 1.54) is 12.1 Å². The van der Waals surface area contributed by atoms with Gasteiger partial charge in [-0.15, -0.1) is 0 Å². The number of hydrogen-bond acceptors (Lipinski definition) is 2. The van der Waals surface area contributed by atoms with Gasteiger partial charge in [0.25, 0.3) is 0 Å². The molecule has 0 amide bonds. The van der Waals surface area contributed by atoms with Gasteiger partial charge in [0.1, 0.15) is 0 Å². The Balaban J connectivity index is 2.45. The van der Waals surface area contributed by atoms with Crippen LogP contribution in [0.2, 0.25) is 0 Å². The third kappa shape index (κ3) is 3.12. The highest BCUT2D eigenvalue weighted by Crippen LogP contribution is 2.30. The topological polar surface area (TPSA) is 40.5 Å². The summed E-state index contributed by atoms with van der Waals surface area (Å²) >= 11 is 0. The summed E-state index contributed by atoms with van der Waals surface area (Å²) < 4.78 is 27.2. The fraction of sp³-hybridized carbons (Fsp3) is 0.294. The Morgan fingerprint density at radius 3 is 2.29 bits per heavy atom. The van der Waals surface area contributed by atoms with E-state index >= 15 is 0 Å². The molecule has 0 fully saturated rings. The minimum absolute atomic E-state index is 0.0209. The number of aliphatic hydroxyl groups excluding tert-OH is 2. The number of benzene rings is 2. The van der Waals surface area contributed by atoms with E-state index in [1.54, 1.807) is 6.07 Å². The maximum atomic E-state index is 13.9. The summed E-state index contributed by atoms with van der Waals surface area (Å²) in [6, 6.07) is 11.3. The summed E-state index contributed by atoms with van der Waals surface area (Å²) in [6.07, 6.45) is 0.0209. The summed E-state index contributed by atoms with van der Waals surface area (Å²) in [4.78, 5) is 0. The van der Waals surface area contributed by atoms with E-state index in [9.17, 15) is 19.0 Å². The highest BCUT2D eigenvalue weighted by molar-refractivity contribution is 5.33. The van der Waals surface area contributed by atoms with Crippen molar-refractivity contribution < 1.29 is 19.0 Å². The standard InChI is InChI=1S/C17H18F2O2/c1-12-4-2-6-14(8-12)17(10-20,11-21)9-13-5-3-7-15(18)16(13)19/h2-8,20-21H,9-11H2,1H3. The van der Waals surface area contributed by atoms with Crippen LogP contribution in [0.4, 0.5) is 8.78 Å². The predicted molar refractivity (Wildman–Crippen MR) is 77.1 cm³/mol. The lowest BCUT2D eigenvalue weighted by Crippen LogP contribution is -2.37. The quantitative estimate of drug-likeness (QED) is 0.889. The van der Waals surface area contributed by atoms with Crippen LogP contribution in [-0.2, 0) is 11.8 Å². The summed E-state index contributed by atoms with van der Waals surface area (Å²) in [5.41, 5.74) is 0.773. The molecule has 0 aliphatic heterocycles. The maximum absolute atomic E-state index is 13.9. The molecule has 0 saturated carbocycles. The molecule has 0 aliphatic rings. The molecule has 0 aromatic heterocycles. The molecule has 0 heterocycles. The third-order valence-electron chi connectivity index (χ3n) is 3.80. The van der Waals surface area contributed by atoms with Crippen molar-refractivity contribution in [1.29, 1.82) is 0 Å². The normalized spacial score (nSPS) is 11.7. The first-order valence-corrected chi connectivity index (χ1v) is 6.74. The fourth-order valence-electron chi connectivity index (χ4n) is 2.47. The average molecular weight is 292 g/mol. The monoisotopic (exact) mass is 292 g/mol. The molecule has 112 valence electrons. The van der Waals surface area contributed by atoms with Crippen molar-refractivity contribution >= 4 is 0 Å². The maximum Gasteiger partial charge on any atom is 0.162 e. The second kappa shape index (κ2) is 6.33. The fourth-order valence-corrected chi connectivity index (χ4v) is 2.47. The van der Waals surface area contributed by atoms with Gasteiger partial charge in [-0.25, -0.2) is 8.78 Å². The van der Waals surface area contributed by atoms with Crippen molar-refractivity contribution in [2.75, 3.05) is 13.2 Å². The van der Waals surface area contributed by atoms with Crippen LogP contribution in [0.1, 0.15) is 16.7 Å². The van der Waals surface area contributed by atoms with E-state index in [4.69, 9.17) is 0 Å². The number of halogens is 2. The van der Waals surface area contributed by atoms with E-state index < -0.39 is 17.0 Å². The smallest absolute Gasteiger partial charge is 0.162 e. The van der Waals surface area contributed by atoms with Crippen LogP contribution in [0.15, 0.2) is 42.5 Å². The summed E-state index contributed by atoms with van der Waals surface area (Å²) in [6.45, 7) is 1.18. The van der Waals surface area contributed by atoms with Crippen molar-refractivity contribution in [1.82, 2.24) is 0 Å². The first kappa shape index (κ1) is 15.6. The molecule has 2 nitrogen and oxygen atoms in total. The van der Waals surface area contributed by atoms with Crippen LogP contribution in [0, 0.1) is 18.6 Å². The molecule has 2 N–H and O–H groups in total. The number of rotatable bonds is 5. The van der Waals surface area contributed by atoms with Gasteiger partial charge in [-0.3, -0.25) is 0 Å². The van der Waals surface area contributed by atoms with Crippen molar-refractivity contribution in [2.45, 2.75) is 18.8 Å². The molecule has 2 rings (SSSR count). The molecule has 0 aliphatic carbocycles. The molecule has 0 radical (unpaired) electrons. The van der Waals surface area contributed by atoms with Gasteiger partial charge in [0.15, 0.2) is 11.6 Å². The van der Waals surface area contributed by atoms with Crippen molar-refractivity contribution in [3.8, 4) is 0 Å². The summed E-state index contributed by atoms with van der Waals surface area (Å²) in [5.74, 6) is -1.86. The van der Waals surface area contributed by atoms with E-state index in [0.717, 1.165) is 11.6 Å². The molecular formula is C17H18F2O2. The Bertz CT molecular complexity index is 622. The molecule has 21 heavy (non-hydrogen) atoms. The lowest BCUT2D eigenvalue weighted by molar-refractivity contribution is 0.115. The van der Waals surface area contributed by atoms with Gasteiger partial charge in [-0.1, -0.05) is 42.0 Å². The van der Waals surface area contributed by atoms with Crippen LogP contribution in [0.3, 0.4) is 0 Å². The average Bonchev–Trinajstić information content (AvgIpc) is 2.49. The molecular weight excluding hydrogens is 274 g/mol. The SMILES string of the molecule is Cc1cccc(C(CO)(CO)Cc2cccc(F)c2F)c1.